The van der Waals surface area contributed by atoms with Crippen molar-refractivity contribution in [2.45, 2.75) is 13.0 Å². The fraction of sp³-hybridized carbons (Fsp3) is 0.158. The molecule has 2 rings (SSSR count). The van der Waals surface area contributed by atoms with Gasteiger partial charge in [0.05, 0.1) is 0 Å². The number of hydrogen-bond acceptors (Lipinski definition) is 4. The van der Waals surface area contributed by atoms with E-state index in [1.807, 2.05) is 0 Å². The number of carbonyl (C=O) groups is 2. The molecule has 0 spiro atoms. The van der Waals surface area contributed by atoms with Crippen LogP contribution in [0.3, 0.4) is 0 Å². The minimum Gasteiger partial charge on any atom is -0.442 e. The zero-order valence-corrected chi connectivity index (χ0v) is 14.4. The number of halogens is 1. The minimum atomic E-state index is -0.699. The van der Waals surface area contributed by atoms with E-state index in [0.29, 0.717) is 11.4 Å². The van der Waals surface area contributed by atoms with Crippen LogP contribution in [-0.4, -0.2) is 25.3 Å². The molecular weight excluding hydrogens is 339 g/mol. The number of rotatable bonds is 5. The van der Waals surface area contributed by atoms with Gasteiger partial charge in [-0.05, 0) is 37.3 Å². The van der Waals surface area contributed by atoms with E-state index in [9.17, 15) is 14.0 Å². The van der Waals surface area contributed by atoms with Crippen molar-refractivity contribution in [2.75, 3.05) is 17.3 Å². The van der Waals surface area contributed by atoms with Crippen molar-refractivity contribution in [1.82, 2.24) is 0 Å². The Hall–Kier alpha value is -3.35. The van der Waals surface area contributed by atoms with E-state index in [1.165, 1.54) is 42.3 Å². The van der Waals surface area contributed by atoms with Crippen LogP contribution in [0.15, 0.2) is 61.2 Å². The average Bonchev–Trinajstić information content (AvgIpc) is 2.61. The molecule has 2 aromatic carbocycles. The molecule has 6 nitrogen and oxygen atoms in total. The third kappa shape index (κ3) is 5.34. The summed E-state index contributed by atoms with van der Waals surface area (Å²) in [5.41, 5.74) is 0.747. The van der Waals surface area contributed by atoms with Crippen molar-refractivity contribution in [2.24, 2.45) is 0 Å². The van der Waals surface area contributed by atoms with Gasteiger partial charge in [-0.15, -0.1) is 0 Å². The van der Waals surface area contributed by atoms with Crippen molar-refractivity contribution in [1.29, 1.82) is 0 Å². The van der Waals surface area contributed by atoms with Crippen LogP contribution in [0.2, 0.25) is 0 Å². The normalized spacial score (nSPS) is 11.2. The zero-order valence-electron chi connectivity index (χ0n) is 14.4. The first-order valence-corrected chi connectivity index (χ1v) is 7.80. The SMILES string of the molecule is C=CC(C)OC(=O)Nc1cccc(OC(=O)N(C)c2cccc(F)c2)c1. The Morgan fingerprint density at radius 3 is 2.65 bits per heavy atom. The van der Waals surface area contributed by atoms with Gasteiger partial charge in [-0.2, -0.15) is 0 Å². The van der Waals surface area contributed by atoms with Gasteiger partial charge in [-0.1, -0.05) is 24.8 Å². The van der Waals surface area contributed by atoms with Crippen LogP contribution in [0.1, 0.15) is 6.92 Å². The Morgan fingerprint density at radius 2 is 1.96 bits per heavy atom. The number of carbonyl (C=O) groups excluding carboxylic acids is 2. The second-order valence-electron chi connectivity index (χ2n) is 5.41. The van der Waals surface area contributed by atoms with E-state index >= 15 is 0 Å². The number of benzene rings is 2. The Kier molecular flexibility index (Phi) is 6.32. The van der Waals surface area contributed by atoms with Crippen molar-refractivity contribution in [3.8, 4) is 5.75 Å². The lowest BCUT2D eigenvalue weighted by atomic mass is 10.3. The molecule has 0 fully saturated rings. The lowest BCUT2D eigenvalue weighted by molar-refractivity contribution is 0.142. The highest BCUT2D eigenvalue weighted by Gasteiger charge is 2.14. The molecule has 0 aromatic heterocycles. The van der Waals surface area contributed by atoms with Crippen LogP contribution in [0.25, 0.3) is 0 Å². The first-order valence-electron chi connectivity index (χ1n) is 7.80. The van der Waals surface area contributed by atoms with Gasteiger partial charge in [0.25, 0.3) is 0 Å². The van der Waals surface area contributed by atoms with Gasteiger partial charge in [-0.25, -0.2) is 14.0 Å². The molecule has 0 radical (unpaired) electrons. The van der Waals surface area contributed by atoms with E-state index in [1.54, 1.807) is 31.2 Å². The summed E-state index contributed by atoms with van der Waals surface area (Å²) in [6.07, 6.45) is -0.302. The molecule has 0 aliphatic heterocycles. The number of nitrogens with zero attached hydrogens (tertiary/aromatic N) is 1. The fourth-order valence-corrected chi connectivity index (χ4v) is 1.96. The van der Waals surface area contributed by atoms with Gasteiger partial charge >= 0.3 is 12.2 Å². The predicted octanol–water partition coefficient (Wildman–Crippen LogP) is 4.58. The number of hydrogen-bond donors (Lipinski definition) is 1. The Balaban J connectivity index is 2.02. The first kappa shape index (κ1) is 19.0. The highest BCUT2D eigenvalue weighted by atomic mass is 19.1. The highest BCUT2D eigenvalue weighted by molar-refractivity contribution is 5.89. The Morgan fingerprint density at radius 1 is 1.23 bits per heavy atom. The molecule has 0 saturated heterocycles. The number of amides is 2. The van der Waals surface area contributed by atoms with Crippen LogP contribution in [0.5, 0.6) is 5.75 Å². The standard InChI is InChI=1S/C19H19FN2O4/c1-4-13(2)25-18(23)21-15-8-6-10-17(12-15)26-19(24)22(3)16-9-5-7-14(20)11-16/h4-13H,1H2,2-3H3,(H,21,23). The van der Waals surface area contributed by atoms with Crippen LogP contribution < -0.4 is 15.0 Å². The lowest BCUT2D eigenvalue weighted by Gasteiger charge is -2.17. The second-order valence-corrected chi connectivity index (χ2v) is 5.41. The molecular formula is C19H19FN2O4. The van der Waals surface area contributed by atoms with Crippen molar-refractivity contribution in [3.63, 3.8) is 0 Å². The third-order valence-electron chi connectivity index (χ3n) is 3.38. The van der Waals surface area contributed by atoms with Crippen molar-refractivity contribution in [3.05, 3.63) is 67.0 Å². The van der Waals surface area contributed by atoms with Gasteiger partial charge in [-0.3, -0.25) is 10.2 Å². The maximum absolute atomic E-state index is 13.3. The average molecular weight is 358 g/mol. The molecule has 0 saturated carbocycles. The summed E-state index contributed by atoms with van der Waals surface area (Å²) in [5.74, 6) is -0.242. The van der Waals surface area contributed by atoms with Gasteiger partial charge in [0, 0.05) is 24.5 Å². The molecule has 1 N–H and O–H groups in total. The summed E-state index contributed by atoms with van der Waals surface area (Å²) in [6, 6.07) is 11.8. The van der Waals surface area contributed by atoms with Crippen LogP contribution in [-0.2, 0) is 4.74 Å². The molecule has 0 aliphatic rings. The molecule has 1 atom stereocenters. The van der Waals surface area contributed by atoms with Crippen molar-refractivity contribution >= 4 is 23.6 Å². The Bertz CT molecular complexity index is 810. The maximum atomic E-state index is 13.3. The topological polar surface area (TPSA) is 67.9 Å². The third-order valence-corrected chi connectivity index (χ3v) is 3.38. The lowest BCUT2D eigenvalue weighted by Crippen LogP contribution is -2.29. The Labute approximate surface area is 150 Å². The molecule has 26 heavy (non-hydrogen) atoms. The number of anilines is 2. The van der Waals surface area contributed by atoms with Crippen LogP contribution in [0.4, 0.5) is 25.4 Å². The number of nitrogens with one attached hydrogen (secondary N) is 1. The summed E-state index contributed by atoms with van der Waals surface area (Å²) in [5, 5.41) is 2.53. The molecule has 0 bridgehead atoms. The summed E-state index contributed by atoms with van der Waals surface area (Å²) in [7, 11) is 1.47. The predicted molar refractivity (Wildman–Crippen MR) is 97.0 cm³/mol. The minimum absolute atomic E-state index is 0.216. The molecule has 0 aliphatic carbocycles. The smallest absolute Gasteiger partial charge is 0.419 e. The summed E-state index contributed by atoms with van der Waals surface area (Å²) in [6.45, 7) is 5.20. The van der Waals surface area contributed by atoms with E-state index in [0.717, 1.165) is 0 Å². The maximum Gasteiger partial charge on any atom is 0.419 e. The molecule has 1 unspecified atom stereocenters. The van der Waals surface area contributed by atoms with E-state index in [4.69, 9.17) is 9.47 Å². The summed E-state index contributed by atoms with van der Waals surface area (Å²) in [4.78, 5) is 25.1. The van der Waals surface area contributed by atoms with E-state index in [2.05, 4.69) is 11.9 Å². The first-order chi connectivity index (χ1) is 12.4. The zero-order chi connectivity index (χ0) is 19.1. The molecule has 136 valence electrons. The van der Waals surface area contributed by atoms with Gasteiger partial charge in [0.2, 0.25) is 0 Å². The number of ether oxygens (including phenoxy) is 2. The fourth-order valence-electron chi connectivity index (χ4n) is 1.96. The van der Waals surface area contributed by atoms with Crippen molar-refractivity contribution < 1.29 is 23.5 Å². The van der Waals surface area contributed by atoms with Crippen LogP contribution in [0, 0.1) is 5.82 Å². The van der Waals surface area contributed by atoms with Gasteiger partial charge in [0.15, 0.2) is 0 Å². The quantitative estimate of drug-likeness (QED) is 0.794. The molecule has 2 amide bonds. The van der Waals surface area contributed by atoms with Gasteiger partial charge in [0.1, 0.15) is 17.7 Å². The largest absolute Gasteiger partial charge is 0.442 e. The second kappa shape index (κ2) is 8.66. The van der Waals surface area contributed by atoms with E-state index < -0.39 is 24.1 Å². The van der Waals surface area contributed by atoms with Gasteiger partial charge < -0.3 is 9.47 Å². The summed E-state index contributed by atoms with van der Waals surface area (Å²) < 4.78 is 23.5. The highest BCUT2D eigenvalue weighted by Crippen LogP contribution is 2.20. The molecule has 0 heterocycles. The molecule has 7 heteroatoms. The van der Waals surface area contributed by atoms with E-state index in [-0.39, 0.29) is 5.75 Å². The monoisotopic (exact) mass is 358 g/mol. The summed E-state index contributed by atoms with van der Waals surface area (Å²) >= 11 is 0. The molecule has 2 aromatic rings. The van der Waals surface area contributed by atoms with Crippen LogP contribution >= 0.6 is 0 Å².